The summed E-state index contributed by atoms with van der Waals surface area (Å²) in [6.07, 6.45) is 0.0680. The van der Waals surface area contributed by atoms with Crippen molar-refractivity contribution in [1.82, 2.24) is 15.2 Å². The summed E-state index contributed by atoms with van der Waals surface area (Å²) < 4.78 is 11.2. The molecule has 0 fully saturated rings. The molecule has 2 heterocycles. The number of anilines is 2. The first-order valence-corrected chi connectivity index (χ1v) is 11.4. The van der Waals surface area contributed by atoms with Gasteiger partial charge in [-0.2, -0.15) is 0 Å². The topological polar surface area (TPSA) is 115 Å². The molecule has 0 aliphatic carbocycles. The number of nitrogens with zero attached hydrogens (tertiary/aromatic N) is 3. The Hall–Kier alpha value is -2.70. The molecule has 12 heteroatoms. The average molecular weight is 466 g/mol. The van der Waals surface area contributed by atoms with Crippen LogP contribution in [0.1, 0.15) is 23.0 Å². The maximum absolute atomic E-state index is 12.5. The van der Waals surface area contributed by atoms with Gasteiger partial charge in [-0.05, 0) is 24.0 Å². The Bertz CT molecular complexity index is 1040. The zero-order valence-electron chi connectivity index (χ0n) is 16.4. The summed E-state index contributed by atoms with van der Waals surface area (Å²) in [6, 6.07) is 4.87. The molecular weight excluding hydrogens is 446 g/mol. The summed E-state index contributed by atoms with van der Waals surface area (Å²) in [4.78, 5) is 29.0. The fourth-order valence-electron chi connectivity index (χ4n) is 2.36. The van der Waals surface area contributed by atoms with Crippen LogP contribution in [-0.2, 0) is 11.2 Å². The second-order valence-electron chi connectivity index (χ2n) is 5.70. The lowest BCUT2D eigenvalue weighted by molar-refractivity contribution is -0.115. The second-order valence-corrected chi connectivity index (χ2v) is 9.05. The molecule has 0 spiro atoms. The highest BCUT2D eigenvalue weighted by Gasteiger charge is 2.15. The highest BCUT2D eigenvalue weighted by molar-refractivity contribution is 8.01. The predicted molar refractivity (Wildman–Crippen MR) is 118 cm³/mol. The Labute approximate surface area is 185 Å². The van der Waals surface area contributed by atoms with E-state index in [9.17, 15) is 9.59 Å². The molecular formula is C18H19N5O4S3. The van der Waals surface area contributed by atoms with Crippen molar-refractivity contribution in [2.45, 2.75) is 17.7 Å². The van der Waals surface area contributed by atoms with Crippen LogP contribution >= 0.6 is 34.4 Å². The predicted octanol–water partition coefficient (Wildman–Crippen LogP) is 3.56. The summed E-state index contributed by atoms with van der Waals surface area (Å²) in [5.74, 6) is 1.30. The minimum atomic E-state index is -0.337. The van der Waals surface area contributed by atoms with Crippen LogP contribution < -0.4 is 20.1 Å². The van der Waals surface area contributed by atoms with Gasteiger partial charge in [0.2, 0.25) is 11.0 Å². The van der Waals surface area contributed by atoms with Crippen molar-refractivity contribution in [3.8, 4) is 11.5 Å². The molecule has 0 radical (unpaired) electrons. The summed E-state index contributed by atoms with van der Waals surface area (Å²) in [5.41, 5.74) is 0.951. The van der Waals surface area contributed by atoms with Crippen molar-refractivity contribution in [3.63, 3.8) is 0 Å². The number of nitrogens with one attached hydrogen (secondary N) is 2. The lowest BCUT2D eigenvalue weighted by Gasteiger charge is -2.09. The second kappa shape index (κ2) is 10.4. The van der Waals surface area contributed by atoms with E-state index in [-0.39, 0.29) is 18.2 Å². The quantitative estimate of drug-likeness (QED) is 0.364. The van der Waals surface area contributed by atoms with E-state index in [1.54, 1.807) is 35.3 Å². The van der Waals surface area contributed by atoms with Gasteiger partial charge in [-0.3, -0.25) is 14.9 Å². The highest BCUT2D eigenvalue weighted by atomic mass is 32.2. The number of ether oxygens (including phenoxy) is 2. The van der Waals surface area contributed by atoms with Crippen molar-refractivity contribution >= 4 is 56.5 Å². The van der Waals surface area contributed by atoms with Crippen LogP contribution in [0.4, 0.5) is 10.3 Å². The van der Waals surface area contributed by atoms with Crippen LogP contribution in [0.2, 0.25) is 0 Å². The van der Waals surface area contributed by atoms with Crippen molar-refractivity contribution < 1.29 is 19.1 Å². The first kappa shape index (κ1) is 22.0. The number of thioether (sulfide) groups is 1. The summed E-state index contributed by atoms with van der Waals surface area (Å²) in [7, 11) is 3.03. The molecule has 0 saturated heterocycles. The first-order valence-electron chi connectivity index (χ1n) is 8.76. The van der Waals surface area contributed by atoms with E-state index in [0.717, 1.165) is 10.1 Å². The van der Waals surface area contributed by atoms with E-state index in [0.29, 0.717) is 33.0 Å². The lowest BCUT2D eigenvalue weighted by atomic mass is 10.2. The van der Waals surface area contributed by atoms with Gasteiger partial charge in [-0.25, -0.2) is 4.98 Å². The number of amides is 2. The first-order chi connectivity index (χ1) is 14.5. The molecule has 3 rings (SSSR count). The molecule has 0 atom stereocenters. The number of aromatic nitrogens is 3. The SMILES string of the molecule is CCSc1nnc(NC(=O)Cc2csc(NC(=O)c3ccc(OC)c(OC)c3)n2)s1. The number of rotatable bonds is 9. The summed E-state index contributed by atoms with van der Waals surface area (Å²) in [6.45, 7) is 2.02. The van der Waals surface area contributed by atoms with Crippen molar-refractivity contribution in [3.05, 3.63) is 34.8 Å². The van der Waals surface area contributed by atoms with Gasteiger partial charge in [-0.15, -0.1) is 21.5 Å². The van der Waals surface area contributed by atoms with Gasteiger partial charge < -0.3 is 14.8 Å². The van der Waals surface area contributed by atoms with E-state index in [1.807, 2.05) is 6.92 Å². The van der Waals surface area contributed by atoms with Crippen LogP contribution in [0.25, 0.3) is 0 Å². The summed E-state index contributed by atoms with van der Waals surface area (Å²) in [5, 5.41) is 15.9. The minimum Gasteiger partial charge on any atom is -0.493 e. The lowest BCUT2D eigenvalue weighted by Crippen LogP contribution is -2.15. The van der Waals surface area contributed by atoms with Gasteiger partial charge in [0.05, 0.1) is 26.3 Å². The Balaban J connectivity index is 1.57. The van der Waals surface area contributed by atoms with E-state index < -0.39 is 0 Å². The zero-order valence-corrected chi connectivity index (χ0v) is 18.9. The van der Waals surface area contributed by atoms with Crippen molar-refractivity contribution in [2.24, 2.45) is 0 Å². The number of benzene rings is 1. The smallest absolute Gasteiger partial charge is 0.257 e. The Morgan fingerprint density at radius 1 is 1.10 bits per heavy atom. The molecule has 0 bridgehead atoms. The van der Waals surface area contributed by atoms with Crippen LogP contribution in [0.3, 0.4) is 0 Å². The van der Waals surface area contributed by atoms with E-state index in [2.05, 4.69) is 25.8 Å². The number of thiazole rings is 1. The molecule has 2 aromatic heterocycles. The number of methoxy groups -OCH3 is 2. The van der Waals surface area contributed by atoms with Crippen LogP contribution in [0.15, 0.2) is 27.9 Å². The van der Waals surface area contributed by atoms with Crippen molar-refractivity contribution in [2.75, 3.05) is 30.6 Å². The van der Waals surface area contributed by atoms with Gasteiger partial charge in [0.1, 0.15) is 0 Å². The minimum absolute atomic E-state index is 0.0680. The third kappa shape index (κ3) is 5.68. The van der Waals surface area contributed by atoms with Crippen LogP contribution in [0.5, 0.6) is 11.5 Å². The van der Waals surface area contributed by atoms with E-state index >= 15 is 0 Å². The fraction of sp³-hybridized carbons (Fsp3) is 0.278. The zero-order chi connectivity index (χ0) is 21.5. The molecule has 1 aromatic carbocycles. The molecule has 0 aliphatic rings. The number of hydrogen-bond acceptors (Lipinski definition) is 10. The Morgan fingerprint density at radius 3 is 2.63 bits per heavy atom. The molecule has 2 amide bonds. The third-order valence-corrected chi connectivity index (χ3v) is 6.34. The fourth-order valence-corrected chi connectivity index (χ4v) is 4.73. The molecule has 0 aliphatic heterocycles. The normalized spacial score (nSPS) is 10.5. The molecule has 3 aromatic rings. The molecule has 2 N–H and O–H groups in total. The van der Waals surface area contributed by atoms with E-state index in [4.69, 9.17) is 9.47 Å². The monoisotopic (exact) mass is 465 g/mol. The Kier molecular flexibility index (Phi) is 7.60. The van der Waals surface area contributed by atoms with Crippen LogP contribution in [0, 0.1) is 0 Å². The molecule has 30 heavy (non-hydrogen) atoms. The number of carbonyl (C=O) groups is 2. The van der Waals surface area contributed by atoms with Crippen LogP contribution in [-0.4, -0.2) is 47.0 Å². The average Bonchev–Trinajstić information content (AvgIpc) is 3.36. The molecule has 9 nitrogen and oxygen atoms in total. The van der Waals surface area contributed by atoms with Crippen molar-refractivity contribution in [1.29, 1.82) is 0 Å². The van der Waals surface area contributed by atoms with Gasteiger partial charge in [0.25, 0.3) is 5.91 Å². The largest absolute Gasteiger partial charge is 0.493 e. The highest BCUT2D eigenvalue weighted by Crippen LogP contribution is 2.28. The number of carbonyl (C=O) groups excluding carboxylic acids is 2. The standard InChI is InChI=1S/C18H19N5O4S3/c1-4-28-18-23-22-17(30-18)20-14(24)8-11-9-29-16(19-11)21-15(25)10-5-6-12(26-2)13(7-10)27-3/h5-7,9H,4,8H2,1-3H3,(H,19,21,25)(H,20,22,24). The molecule has 158 valence electrons. The maximum atomic E-state index is 12.5. The number of hydrogen-bond donors (Lipinski definition) is 2. The maximum Gasteiger partial charge on any atom is 0.257 e. The third-order valence-electron chi connectivity index (χ3n) is 3.68. The molecule has 0 saturated carbocycles. The summed E-state index contributed by atoms with van der Waals surface area (Å²) >= 11 is 4.14. The van der Waals surface area contributed by atoms with Gasteiger partial charge in [0, 0.05) is 10.9 Å². The molecule has 0 unspecified atom stereocenters. The van der Waals surface area contributed by atoms with Gasteiger partial charge in [-0.1, -0.05) is 30.0 Å². The van der Waals surface area contributed by atoms with Gasteiger partial charge in [0.15, 0.2) is 21.0 Å². The van der Waals surface area contributed by atoms with E-state index in [1.165, 1.54) is 36.9 Å². The Morgan fingerprint density at radius 2 is 1.90 bits per heavy atom. The van der Waals surface area contributed by atoms with Gasteiger partial charge >= 0.3 is 0 Å².